The molecular weight excluding hydrogens is 280 g/mol. The van der Waals surface area contributed by atoms with Crippen molar-refractivity contribution < 1.29 is 14.0 Å². The Balaban J connectivity index is 2.13. The molecule has 5 nitrogen and oxygen atoms in total. The van der Waals surface area contributed by atoms with Crippen LogP contribution in [-0.4, -0.2) is 24.4 Å². The minimum atomic E-state index is -0.626. The van der Waals surface area contributed by atoms with Gasteiger partial charge in [-0.15, -0.1) is 0 Å². The van der Waals surface area contributed by atoms with Crippen LogP contribution in [-0.2, 0) is 4.79 Å². The fourth-order valence-electron chi connectivity index (χ4n) is 1.79. The SMILES string of the molecule is CCNC(=O)[C@H](C)NC(=O)c1cc2cc(Cl)ccc2o1. The summed E-state index contributed by atoms with van der Waals surface area (Å²) < 4.78 is 5.42. The van der Waals surface area contributed by atoms with E-state index in [2.05, 4.69) is 10.6 Å². The van der Waals surface area contributed by atoms with E-state index in [1.54, 1.807) is 31.2 Å². The quantitative estimate of drug-likeness (QED) is 0.909. The molecule has 2 rings (SSSR count). The summed E-state index contributed by atoms with van der Waals surface area (Å²) in [5.41, 5.74) is 0.574. The van der Waals surface area contributed by atoms with E-state index in [0.717, 1.165) is 5.39 Å². The van der Waals surface area contributed by atoms with Crippen LogP contribution in [0.5, 0.6) is 0 Å². The Morgan fingerprint density at radius 1 is 1.35 bits per heavy atom. The van der Waals surface area contributed by atoms with Gasteiger partial charge in [0.05, 0.1) is 0 Å². The lowest BCUT2D eigenvalue weighted by Crippen LogP contribution is -2.44. The monoisotopic (exact) mass is 294 g/mol. The van der Waals surface area contributed by atoms with Crippen LogP contribution in [0.3, 0.4) is 0 Å². The van der Waals surface area contributed by atoms with Gasteiger partial charge in [0, 0.05) is 17.0 Å². The molecule has 0 saturated heterocycles. The minimum Gasteiger partial charge on any atom is -0.451 e. The Labute approximate surface area is 121 Å². The van der Waals surface area contributed by atoms with Crippen LogP contribution in [0.15, 0.2) is 28.7 Å². The van der Waals surface area contributed by atoms with E-state index in [1.165, 1.54) is 0 Å². The fraction of sp³-hybridized carbons (Fsp3) is 0.286. The number of amides is 2. The summed E-state index contributed by atoms with van der Waals surface area (Å²) >= 11 is 5.87. The summed E-state index contributed by atoms with van der Waals surface area (Å²) in [7, 11) is 0. The van der Waals surface area contributed by atoms with E-state index in [9.17, 15) is 9.59 Å². The number of hydrogen-bond donors (Lipinski definition) is 2. The molecule has 0 saturated carbocycles. The molecule has 0 aliphatic carbocycles. The largest absolute Gasteiger partial charge is 0.451 e. The highest BCUT2D eigenvalue weighted by Gasteiger charge is 2.18. The Morgan fingerprint density at radius 2 is 2.10 bits per heavy atom. The third-order valence-corrected chi connectivity index (χ3v) is 3.03. The van der Waals surface area contributed by atoms with Crippen molar-refractivity contribution in [3.05, 3.63) is 35.0 Å². The van der Waals surface area contributed by atoms with Crippen LogP contribution in [0.1, 0.15) is 24.4 Å². The molecule has 0 fully saturated rings. The van der Waals surface area contributed by atoms with Crippen LogP contribution in [0, 0.1) is 0 Å². The van der Waals surface area contributed by atoms with Crippen LogP contribution in [0.2, 0.25) is 5.02 Å². The first-order valence-electron chi connectivity index (χ1n) is 6.29. The summed E-state index contributed by atoms with van der Waals surface area (Å²) in [6.45, 7) is 3.94. The third-order valence-electron chi connectivity index (χ3n) is 2.79. The smallest absolute Gasteiger partial charge is 0.287 e. The standard InChI is InChI=1S/C14H15ClN2O3/c1-3-16-13(18)8(2)17-14(19)12-7-9-6-10(15)4-5-11(9)20-12/h4-8H,3H2,1-2H3,(H,16,18)(H,17,19)/t8-/m0/s1. The van der Waals surface area contributed by atoms with Gasteiger partial charge in [0.2, 0.25) is 5.91 Å². The normalized spacial score (nSPS) is 12.2. The average Bonchev–Trinajstić information content (AvgIpc) is 2.81. The second kappa shape index (κ2) is 5.96. The first kappa shape index (κ1) is 14.4. The predicted octanol–water partition coefficient (Wildman–Crippen LogP) is 2.34. The number of halogens is 1. The highest BCUT2D eigenvalue weighted by atomic mass is 35.5. The maximum atomic E-state index is 12.0. The Bertz CT molecular complexity index is 651. The molecule has 106 valence electrons. The van der Waals surface area contributed by atoms with E-state index >= 15 is 0 Å². The molecule has 1 heterocycles. The number of carbonyl (C=O) groups excluding carboxylic acids is 2. The molecule has 1 aromatic heterocycles. The predicted molar refractivity (Wildman–Crippen MR) is 76.8 cm³/mol. The molecule has 0 aliphatic rings. The Hall–Kier alpha value is -2.01. The van der Waals surface area contributed by atoms with Crippen molar-refractivity contribution in [2.24, 2.45) is 0 Å². The van der Waals surface area contributed by atoms with Crippen molar-refractivity contribution in [1.82, 2.24) is 10.6 Å². The highest BCUT2D eigenvalue weighted by molar-refractivity contribution is 6.31. The molecule has 2 aromatic rings. The number of carbonyl (C=O) groups is 2. The molecule has 6 heteroatoms. The van der Waals surface area contributed by atoms with Crippen molar-refractivity contribution in [1.29, 1.82) is 0 Å². The lowest BCUT2D eigenvalue weighted by molar-refractivity contribution is -0.122. The van der Waals surface area contributed by atoms with Crippen molar-refractivity contribution in [3.63, 3.8) is 0 Å². The number of furan rings is 1. The van der Waals surface area contributed by atoms with Gasteiger partial charge in [0.1, 0.15) is 11.6 Å². The molecule has 0 aliphatic heterocycles. The van der Waals surface area contributed by atoms with E-state index in [1.807, 2.05) is 6.92 Å². The maximum Gasteiger partial charge on any atom is 0.287 e. The van der Waals surface area contributed by atoms with Gasteiger partial charge in [-0.05, 0) is 38.1 Å². The van der Waals surface area contributed by atoms with Gasteiger partial charge >= 0.3 is 0 Å². The Kier molecular flexibility index (Phi) is 4.29. The molecule has 1 atom stereocenters. The molecule has 0 radical (unpaired) electrons. The number of rotatable bonds is 4. The van der Waals surface area contributed by atoms with Crippen molar-refractivity contribution >= 4 is 34.4 Å². The molecule has 0 bridgehead atoms. The van der Waals surface area contributed by atoms with Gasteiger partial charge < -0.3 is 15.1 Å². The maximum absolute atomic E-state index is 12.0. The summed E-state index contributed by atoms with van der Waals surface area (Å²) in [6.07, 6.45) is 0. The van der Waals surface area contributed by atoms with Crippen molar-refractivity contribution in [3.8, 4) is 0 Å². The number of hydrogen-bond acceptors (Lipinski definition) is 3. The van der Waals surface area contributed by atoms with Gasteiger partial charge in [-0.2, -0.15) is 0 Å². The molecule has 0 spiro atoms. The molecule has 20 heavy (non-hydrogen) atoms. The van der Waals surface area contributed by atoms with Crippen molar-refractivity contribution in [2.75, 3.05) is 6.54 Å². The van der Waals surface area contributed by atoms with E-state index in [4.69, 9.17) is 16.0 Å². The van der Waals surface area contributed by atoms with Crippen molar-refractivity contribution in [2.45, 2.75) is 19.9 Å². The van der Waals surface area contributed by atoms with Crippen LogP contribution < -0.4 is 10.6 Å². The van der Waals surface area contributed by atoms with Gasteiger partial charge in [-0.1, -0.05) is 11.6 Å². The fourth-order valence-corrected chi connectivity index (χ4v) is 1.97. The summed E-state index contributed by atoms with van der Waals surface area (Å²) in [5.74, 6) is -0.519. The first-order chi connectivity index (χ1) is 9.51. The Morgan fingerprint density at radius 3 is 2.80 bits per heavy atom. The van der Waals surface area contributed by atoms with Gasteiger partial charge in [-0.25, -0.2) is 0 Å². The minimum absolute atomic E-state index is 0.151. The van der Waals surface area contributed by atoms with Crippen LogP contribution in [0.4, 0.5) is 0 Å². The lowest BCUT2D eigenvalue weighted by Gasteiger charge is -2.11. The molecule has 0 unspecified atom stereocenters. The van der Waals surface area contributed by atoms with Crippen LogP contribution in [0.25, 0.3) is 11.0 Å². The van der Waals surface area contributed by atoms with E-state index in [0.29, 0.717) is 17.2 Å². The lowest BCUT2D eigenvalue weighted by atomic mass is 10.2. The molecular formula is C14H15ClN2O3. The zero-order valence-corrected chi connectivity index (χ0v) is 12.0. The third kappa shape index (κ3) is 3.11. The average molecular weight is 295 g/mol. The summed E-state index contributed by atoms with van der Waals surface area (Å²) in [6, 6.07) is 6.07. The van der Waals surface area contributed by atoms with Gasteiger partial charge in [0.15, 0.2) is 5.76 Å². The van der Waals surface area contributed by atoms with E-state index < -0.39 is 11.9 Å². The van der Waals surface area contributed by atoms with E-state index in [-0.39, 0.29) is 11.7 Å². The summed E-state index contributed by atoms with van der Waals surface area (Å²) in [4.78, 5) is 23.6. The van der Waals surface area contributed by atoms with Gasteiger partial charge in [-0.3, -0.25) is 9.59 Å². The van der Waals surface area contributed by atoms with Crippen LogP contribution >= 0.6 is 11.6 Å². The molecule has 1 aromatic carbocycles. The zero-order valence-electron chi connectivity index (χ0n) is 11.2. The second-order valence-corrected chi connectivity index (χ2v) is 4.82. The zero-order chi connectivity index (χ0) is 14.7. The molecule has 2 N–H and O–H groups in total. The number of fused-ring (bicyclic) bond motifs is 1. The first-order valence-corrected chi connectivity index (χ1v) is 6.66. The number of likely N-dealkylation sites (N-methyl/N-ethyl adjacent to an activating group) is 1. The number of nitrogens with one attached hydrogen (secondary N) is 2. The summed E-state index contributed by atoms with van der Waals surface area (Å²) in [5, 5.41) is 6.53. The van der Waals surface area contributed by atoms with Gasteiger partial charge in [0.25, 0.3) is 5.91 Å². The highest BCUT2D eigenvalue weighted by Crippen LogP contribution is 2.22. The topological polar surface area (TPSA) is 71.3 Å². The second-order valence-electron chi connectivity index (χ2n) is 4.38. The molecule has 2 amide bonds. The number of benzene rings is 1.